The lowest BCUT2D eigenvalue weighted by molar-refractivity contribution is -0.145. The monoisotopic (exact) mass is 578 g/mol. The second-order valence-electron chi connectivity index (χ2n) is 11.7. The van der Waals surface area contributed by atoms with E-state index in [2.05, 4.69) is 24.8 Å². The van der Waals surface area contributed by atoms with Crippen LogP contribution in [0.15, 0.2) is 11.8 Å². The highest BCUT2D eigenvalue weighted by molar-refractivity contribution is 5.91. The van der Waals surface area contributed by atoms with Gasteiger partial charge in [-0.1, -0.05) is 32.8 Å². The van der Waals surface area contributed by atoms with E-state index in [0.29, 0.717) is 42.3 Å². The summed E-state index contributed by atoms with van der Waals surface area (Å²) in [4.78, 5) is 18.5. The minimum Gasteiger partial charge on any atom is -0.507 e. The van der Waals surface area contributed by atoms with Gasteiger partial charge in [0.15, 0.2) is 23.0 Å². The maximum atomic E-state index is 14.5. The standard InChI is InChI=1S/C33H42N2O7/c1-7-9-11-39-16-24-26-21(28(36)19(4)30-32(26)42-17-41-30)15-22-27-25-20(14-23(34(27)5)33(37)35(22)24)13-18(3)29(38-6)31(25)40-12-10-8-2/h13,15,23-24,27,36H,7-12,14,16-17H2,1-6H3/t23-,24-,27-/m0/s1. The second kappa shape index (κ2) is 11.3. The lowest BCUT2D eigenvalue weighted by Crippen LogP contribution is -2.60. The molecule has 4 aliphatic heterocycles. The predicted octanol–water partition coefficient (Wildman–Crippen LogP) is 5.58. The highest BCUT2D eigenvalue weighted by atomic mass is 16.7. The van der Waals surface area contributed by atoms with E-state index in [-0.39, 0.29) is 37.1 Å². The minimum atomic E-state index is -0.483. The van der Waals surface area contributed by atoms with Crippen LogP contribution in [0.25, 0.3) is 6.08 Å². The third-order valence-electron chi connectivity index (χ3n) is 9.11. The summed E-state index contributed by atoms with van der Waals surface area (Å²) in [5.74, 6) is 2.71. The molecule has 2 aromatic carbocycles. The minimum absolute atomic E-state index is 0.00930. The van der Waals surface area contributed by atoms with E-state index in [1.807, 2.05) is 31.9 Å². The molecule has 9 heteroatoms. The third kappa shape index (κ3) is 4.31. The first kappa shape index (κ1) is 28.7. The Balaban J connectivity index is 1.57. The maximum Gasteiger partial charge on any atom is 0.245 e. The number of ether oxygens (including phenoxy) is 5. The molecule has 2 aromatic rings. The number of aromatic hydroxyl groups is 1. The Morgan fingerprint density at radius 1 is 1.05 bits per heavy atom. The van der Waals surface area contributed by atoms with E-state index in [1.54, 1.807) is 7.11 Å². The summed E-state index contributed by atoms with van der Waals surface area (Å²) in [6, 6.07) is 1.00. The van der Waals surface area contributed by atoms with E-state index < -0.39 is 6.04 Å². The van der Waals surface area contributed by atoms with Gasteiger partial charge in [0.05, 0.1) is 38.4 Å². The van der Waals surface area contributed by atoms with Gasteiger partial charge in [-0.2, -0.15) is 0 Å². The van der Waals surface area contributed by atoms with Crippen molar-refractivity contribution in [1.82, 2.24) is 9.80 Å². The fourth-order valence-corrected chi connectivity index (χ4v) is 6.96. The molecule has 0 aromatic heterocycles. The molecule has 226 valence electrons. The van der Waals surface area contributed by atoms with Gasteiger partial charge in [-0.15, -0.1) is 0 Å². The number of phenols is 1. The highest BCUT2D eigenvalue weighted by Gasteiger charge is 2.53. The summed E-state index contributed by atoms with van der Waals surface area (Å²) >= 11 is 0. The smallest absolute Gasteiger partial charge is 0.245 e. The average molecular weight is 579 g/mol. The van der Waals surface area contributed by atoms with Crippen molar-refractivity contribution in [3.8, 4) is 28.7 Å². The summed E-state index contributed by atoms with van der Waals surface area (Å²) in [7, 11) is 3.68. The number of aryl methyl sites for hydroxylation is 1. The molecular weight excluding hydrogens is 536 g/mol. The Morgan fingerprint density at radius 3 is 2.52 bits per heavy atom. The first-order valence-corrected chi connectivity index (χ1v) is 15.2. The molecule has 1 saturated heterocycles. The van der Waals surface area contributed by atoms with Crippen molar-refractivity contribution >= 4 is 12.0 Å². The lowest BCUT2D eigenvalue weighted by atomic mass is 9.78. The van der Waals surface area contributed by atoms with E-state index >= 15 is 0 Å². The normalized spacial score (nSPS) is 22.0. The van der Waals surface area contributed by atoms with Gasteiger partial charge in [-0.3, -0.25) is 9.69 Å². The number of phenolic OH excluding ortho intramolecular Hbond substituents is 1. The first-order chi connectivity index (χ1) is 20.3. The van der Waals surface area contributed by atoms with Crippen molar-refractivity contribution in [2.75, 3.05) is 40.8 Å². The third-order valence-corrected chi connectivity index (χ3v) is 9.11. The molecule has 6 rings (SSSR count). The summed E-state index contributed by atoms with van der Waals surface area (Å²) < 4.78 is 30.4. The number of piperazine rings is 1. The Bertz CT molecular complexity index is 1430. The van der Waals surface area contributed by atoms with E-state index in [0.717, 1.165) is 65.1 Å². The zero-order valence-electron chi connectivity index (χ0n) is 25.5. The van der Waals surface area contributed by atoms with Gasteiger partial charge in [-0.05, 0) is 57.4 Å². The van der Waals surface area contributed by atoms with Crippen molar-refractivity contribution in [2.45, 2.75) is 77.9 Å². The van der Waals surface area contributed by atoms with Crippen LogP contribution in [0, 0.1) is 13.8 Å². The number of likely N-dealkylation sites (N-methyl/N-ethyl adjacent to an activating group) is 1. The van der Waals surface area contributed by atoms with Crippen molar-refractivity contribution in [3.05, 3.63) is 45.1 Å². The maximum absolute atomic E-state index is 14.5. The Labute approximate surface area is 247 Å². The number of hydrogen-bond acceptors (Lipinski definition) is 8. The summed E-state index contributed by atoms with van der Waals surface area (Å²) in [5.41, 5.74) is 5.89. The molecule has 4 heterocycles. The number of benzene rings is 2. The van der Waals surface area contributed by atoms with Gasteiger partial charge in [0, 0.05) is 34.6 Å². The van der Waals surface area contributed by atoms with Crippen LogP contribution in [-0.2, 0) is 16.0 Å². The van der Waals surface area contributed by atoms with Crippen molar-refractivity contribution < 1.29 is 33.6 Å². The lowest BCUT2D eigenvalue weighted by Gasteiger charge is -2.53. The Morgan fingerprint density at radius 2 is 1.79 bits per heavy atom. The number of carbonyl (C=O) groups is 1. The quantitative estimate of drug-likeness (QED) is 0.366. The fourth-order valence-electron chi connectivity index (χ4n) is 6.96. The molecule has 1 N–H and O–H groups in total. The van der Waals surface area contributed by atoms with Crippen LogP contribution >= 0.6 is 0 Å². The number of unbranched alkanes of at least 4 members (excludes halogenated alkanes) is 2. The van der Waals surface area contributed by atoms with Crippen molar-refractivity contribution in [3.63, 3.8) is 0 Å². The number of fused-ring (bicyclic) bond motifs is 9. The molecule has 2 bridgehead atoms. The van der Waals surface area contributed by atoms with Gasteiger partial charge in [0.2, 0.25) is 12.7 Å². The Kier molecular flexibility index (Phi) is 7.74. The van der Waals surface area contributed by atoms with Crippen LogP contribution in [0.4, 0.5) is 0 Å². The number of amides is 1. The molecule has 3 atom stereocenters. The second-order valence-corrected chi connectivity index (χ2v) is 11.7. The fraction of sp³-hybridized carbons (Fsp3) is 0.545. The number of carbonyl (C=O) groups excluding carboxylic acids is 1. The van der Waals surface area contributed by atoms with Crippen LogP contribution in [0.1, 0.15) is 85.0 Å². The number of methoxy groups -OCH3 is 1. The molecule has 0 saturated carbocycles. The molecule has 9 nitrogen and oxygen atoms in total. The molecule has 0 spiro atoms. The molecule has 1 fully saturated rings. The molecular formula is C33H42N2O7. The summed E-state index contributed by atoms with van der Waals surface area (Å²) in [5, 5.41) is 11.5. The number of rotatable bonds is 10. The average Bonchev–Trinajstić information content (AvgIpc) is 3.46. The molecule has 0 aliphatic carbocycles. The number of nitrogens with zero attached hydrogens (tertiary/aromatic N) is 2. The van der Waals surface area contributed by atoms with Gasteiger partial charge >= 0.3 is 0 Å². The van der Waals surface area contributed by atoms with Crippen molar-refractivity contribution in [2.24, 2.45) is 0 Å². The zero-order chi connectivity index (χ0) is 29.7. The SMILES string of the molecule is CCCCOC[C@H]1c2c(c(O)c(C)c3c2OCO3)C=C2[C@H]3c4c(cc(C)c(OC)c4OCCCC)C[C@@H](C(=O)N21)N3C. The Hall–Kier alpha value is -3.43. The van der Waals surface area contributed by atoms with E-state index in [4.69, 9.17) is 23.7 Å². The summed E-state index contributed by atoms with van der Waals surface area (Å²) in [6.45, 7) is 9.63. The van der Waals surface area contributed by atoms with Crippen LogP contribution in [0.5, 0.6) is 28.7 Å². The molecule has 1 amide bonds. The van der Waals surface area contributed by atoms with Crippen LogP contribution < -0.4 is 18.9 Å². The largest absolute Gasteiger partial charge is 0.507 e. The predicted molar refractivity (Wildman–Crippen MR) is 158 cm³/mol. The van der Waals surface area contributed by atoms with Gasteiger partial charge in [-0.25, -0.2) is 0 Å². The molecule has 42 heavy (non-hydrogen) atoms. The topological polar surface area (TPSA) is 89.9 Å². The van der Waals surface area contributed by atoms with Crippen LogP contribution in [-0.4, -0.2) is 67.6 Å². The van der Waals surface area contributed by atoms with Gasteiger partial charge < -0.3 is 33.7 Å². The molecule has 0 radical (unpaired) electrons. The van der Waals surface area contributed by atoms with E-state index in [9.17, 15) is 9.90 Å². The highest BCUT2D eigenvalue weighted by Crippen LogP contribution is 2.58. The number of hydrogen-bond donors (Lipinski definition) is 1. The zero-order valence-corrected chi connectivity index (χ0v) is 25.5. The van der Waals surface area contributed by atoms with Crippen molar-refractivity contribution in [1.29, 1.82) is 0 Å². The van der Waals surface area contributed by atoms with Crippen LogP contribution in [0.3, 0.4) is 0 Å². The molecule has 0 unspecified atom stereocenters. The first-order valence-electron chi connectivity index (χ1n) is 15.2. The van der Waals surface area contributed by atoms with Gasteiger partial charge in [0.25, 0.3) is 0 Å². The summed E-state index contributed by atoms with van der Waals surface area (Å²) in [6.07, 6.45) is 6.39. The van der Waals surface area contributed by atoms with Crippen LogP contribution in [0.2, 0.25) is 0 Å². The van der Waals surface area contributed by atoms with E-state index in [1.165, 1.54) is 0 Å². The van der Waals surface area contributed by atoms with Gasteiger partial charge in [0.1, 0.15) is 5.75 Å². The molecule has 4 aliphatic rings.